The van der Waals surface area contributed by atoms with Gasteiger partial charge in [0.2, 0.25) is 5.78 Å². The molecule has 2 aromatic heterocycles. The fraction of sp³-hybridized carbons (Fsp3) is 0.200. The molecule has 1 aromatic carbocycles. The molecule has 0 aliphatic carbocycles. The highest BCUT2D eigenvalue weighted by atomic mass is 19.3. The van der Waals surface area contributed by atoms with Gasteiger partial charge in [-0.2, -0.15) is 8.78 Å². The van der Waals surface area contributed by atoms with Gasteiger partial charge in [-0.05, 0) is 44.2 Å². The number of carbonyl (C=O) groups excluding carboxylic acids is 2. The van der Waals surface area contributed by atoms with Crippen LogP contribution in [0.15, 0.2) is 48.9 Å². The SMILES string of the molecule is Cc1cc(C(=O)COC(=O)c2cnccn2)c(C)n1-c1ccc(OC(F)F)cc1. The van der Waals surface area contributed by atoms with Gasteiger partial charge in [0, 0.05) is 35.0 Å². The molecular formula is C20H17F2N3O4. The minimum Gasteiger partial charge on any atom is -0.453 e. The second kappa shape index (κ2) is 8.59. The molecule has 2 heterocycles. The van der Waals surface area contributed by atoms with Crippen LogP contribution in [0.1, 0.15) is 32.2 Å². The van der Waals surface area contributed by atoms with Crippen LogP contribution >= 0.6 is 0 Å². The normalized spacial score (nSPS) is 10.8. The fourth-order valence-corrected chi connectivity index (χ4v) is 2.91. The third kappa shape index (κ3) is 4.63. The third-order valence-electron chi connectivity index (χ3n) is 4.16. The summed E-state index contributed by atoms with van der Waals surface area (Å²) >= 11 is 0. The lowest BCUT2D eigenvalue weighted by molar-refractivity contribution is -0.0498. The standard InChI is InChI=1S/C20H17F2N3O4/c1-12-9-16(18(26)11-28-19(27)17-10-23-7-8-24-17)13(2)25(12)14-3-5-15(6-4-14)29-20(21)22/h3-10,20H,11H2,1-2H3. The van der Waals surface area contributed by atoms with Crippen LogP contribution in [0.3, 0.4) is 0 Å². The highest BCUT2D eigenvalue weighted by molar-refractivity contribution is 6.00. The summed E-state index contributed by atoms with van der Waals surface area (Å²) in [5.74, 6) is -1.08. The molecule has 0 saturated heterocycles. The van der Waals surface area contributed by atoms with Crippen LogP contribution in [-0.4, -0.2) is 39.5 Å². The van der Waals surface area contributed by atoms with E-state index in [1.807, 2.05) is 0 Å². The van der Waals surface area contributed by atoms with E-state index in [4.69, 9.17) is 4.74 Å². The molecule has 3 aromatic rings. The Hall–Kier alpha value is -3.62. The predicted octanol–water partition coefficient (Wildman–Crippen LogP) is 3.53. The molecule has 7 nitrogen and oxygen atoms in total. The second-order valence-electron chi connectivity index (χ2n) is 6.08. The van der Waals surface area contributed by atoms with Crippen molar-refractivity contribution >= 4 is 11.8 Å². The summed E-state index contributed by atoms with van der Waals surface area (Å²) in [6.45, 7) is 0.207. The largest absolute Gasteiger partial charge is 0.453 e. The number of rotatable bonds is 7. The summed E-state index contributed by atoms with van der Waals surface area (Å²) in [4.78, 5) is 32.1. The number of ether oxygens (including phenoxy) is 2. The number of Topliss-reactive ketones (excluding diaryl/α,β-unsaturated/α-hetero) is 1. The molecule has 0 spiro atoms. The van der Waals surface area contributed by atoms with Crippen LogP contribution in [0.5, 0.6) is 5.75 Å². The van der Waals surface area contributed by atoms with E-state index < -0.39 is 19.2 Å². The van der Waals surface area contributed by atoms with Gasteiger partial charge in [0.1, 0.15) is 5.75 Å². The van der Waals surface area contributed by atoms with Crippen LogP contribution < -0.4 is 4.74 Å². The van der Waals surface area contributed by atoms with Gasteiger partial charge in [0.25, 0.3) is 0 Å². The highest BCUT2D eigenvalue weighted by Crippen LogP contribution is 2.24. The van der Waals surface area contributed by atoms with E-state index in [-0.39, 0.29) is 17.2 Å². The number of hydrogen-bond acceptors (Lipinski definition) is 6. The van der Waals surface area contributed by atoms with Gasteiger partial charge < -0.3 is 14.0 Å². The molecule has 0 amide bonds. The lowest BCUT2D eigenvalue weighted by Gasteiger charge is -2.11. The fourth-order valence-electron chi connectivity index (χ4n) is 2.91. The molecular weight excluding hydrogens is 384 g/mol. The van der Waals surface area contributed by atoms with Crippen LogP contribution in [0.2, 0.25) is 0 Å². The number of nitrogens with zero attached hydrogens (tertiary/aromatic N) is 3. The van der Waals surface area contributed by atoms with E-state index in [2.05, 4.69) is 14.7 Å². The zero-order valence-electron chi connectivity index (χ0n) is 15.6. The van der Waals surface area contributed by atoms with Crippen molar-refractivity contribution < 1.29 is 27.8 Å². The maximum Gasteiger partial charge on any atom is 0.387 e. The first-order valence-electron chi connectivity index (χ1n) is 8.57. The van der Waals surface area contributed by atoms with Crippen LogP contribution in [0, 0.1) is 13.8 Å². The molecule has 0 radical (unpaired) electrons. The molecule has 150 valence electrons. The highest BCUT2D eigenvalue weighted by Gasteiger charge is 2.19. The third-order valence-corrected chi connectivity index (χ3v) is 4.16. The number of hydrogen-bond donors (Lipinski definition) is 0. The van der Waals surface area contributed by atoms with Gasteiger partial charge in [0.15, 0.2) is 12.3 Å². The molecule has 3 rings (SSSR count). The summed E-state index contributed by atoms with van der Waals surface area (Å²) in [6, 6.07) is 7.74. The zero-order chi connectivity index (χ0) is 21.0. The van der Waals surface area contributed by atoms with E-state index in [1.54, 1.807) is 36.6 Å². The van der Waals surface area contributed by atoms with Gasteiger partial charge in [-0.3, -0.25) is 9.78 Å². The van der Waals surface area contributed by atoms with Gasteiger partial charge in [-0.25, -0.2) is 9.78 Å². The molecule has 0 N–H and O–H groups in total. The predicted molar refractivity (Wildman–Crippen MR) is 98.5 cm³/mol. The average molecular weight is 401 g/mol. The Bertz CT molecular complexity index is 1020. The van der Waals surface area contributed by atoms with Crippen LogP contribution in [0.4, 0.5) is 8.78 Å². The number of esters is 1. The topological polar surface area (TPSA) is 83.3 Å². The molecule has 0 atom stereocenters. The van der Waals surface area contributed by atoms with E-state index in [0.29, 0.717) is 16.9 Å². The Morgan fingerprint density at radius 3 is 2.48 bits per heavy atom. The van der Waals surface area contributed by atoms with Crippen molar-refractivity contribution in [2.75, 3.05) is 6.61 Å². The Morgan fingerprint density at radius 1 is 1.14 bits per heavy atom. The molecule has 0 aliphatic rings. The molecule has 9 heteroatoms. The van der Waals surface area contributed by atoms with E-state index in [9.17, 15) is 18.4 Å². The molecule has 0 aliphatic heterocycles. The van der Waals surface area contributed by atoms with Crippen molar-refractivity contribution in [3.8, 4) is 11.4 Å². The Morgan fingerprint density at radius 2 is 1.86 bits per heavy atom. The van der Waals surface area contributed by atoms with Gasteiger partial charge in [-0.15, -0.1) is 0 Å². The maximum absolute atomic E-state index is 12.5. The minimum atomic E-state index is -2.90. The van der Waals surface area contributed by atoms with Crippen molar-refractivity contribution in [2.45, 2.75) is 20.5 Å². The molecule has 0 bridgehead atoms. The number of aromatic nitrogens is 3. The number of alkyl halides is 2. The van der Waals surface area contributed by atoms with Crippen molar-refractivity contribution in [3.63, 3.8) is 0 Å². The average Bonchev–Trinajstić information content (AvgIpc) is 3.01. The Labute approximate surface area is 164 Å². The number of carbonyl (C=O) groups is 2. The summed E-state index contributed by atoms with van der Waals surface area (Å²) in [5.41, 5.74) is 2.47. The first-order chi connectivity index (χ1) is 13.9. The van der Waals surface area contributed by atoms with Crippen molar-refractivity contribution in [2.24, 2.45) is 0 Å². The van der Waals surface area contributed by atoms with Crippen molar-refractivity contribution in [1.29, 1.82) is 0 Å². The molecule has 29 heavy (non-hydrogen) atoms. The smallest absolute Gasteiger partial charge is 0.387 e. The summed E-state index contributed by atoms with van der Waals surface area (Å²) in [6.07, 6.45) is 4.02. The summed E-state index contributed by atoms with van der Waals surface area (Å²) < 4.78 is 35.7. The molecule has 0 saturated carbocycles. The monoisotopic (exact) mass is 401 g/mol. The quantitative estimate of drug-likeness (QED) is 0.445. The second-order valence-corrected chi connectivity index (χ2v) is 6.08. The van der Waals surface area contributed by atoms with E-state index >= 15 is 0 Å². The van der Waals surface area contributed by atoms with Crippen molar-refractivity contribution in [1.82, 2.24) is 14.5 Å². The summed E-state index contributed by atoms with van der Waals surface area (Å²) in [7, 11) is 0. The Kier molecular flexibility index (Phi) is 5.96. The van der Waals surface area contributed by atoms with Gasteiger partial charge >= 0.3 is 12.6 Å². The van der Waals surface area contributed by atoms with E-state index in [1.165, 1.54) is 30.7 Å². The Balaban J connectivity index is 1.74. The molecule has 0 unspecified atom stereocenters. The molecule has 0 fully saturated rings. The first kappa shape index (κ1) is 20.1. The van der Waals surface area contributed by atoms with E-state index in [0.717, 1.165) is 5.69 Å². The first-order valence-corrected chi connectivity index (χ1v) is 8.57. The van der Waals surface area contributed by atoms with Gasteiger partial charge in [0.05, 0.1) is 6.20 Å². The van der Waals surface area contributed by atoms with Crippen LogP contribution in [0.25, 0.3) is 5.69 Å². The van der Waals surface area contributed by atoms with Crippen molar-refractivity contribution in [3.05, 3.63) is 71.6 Å². The lowest BCUT2D eigenvalue weighted by Crippen LogP contribution is -2.16. The number of ketones is 1. The maximum atomic E-state index is 12.5. The number of halogens is 2. The zero-order valence-corrected chi connectivity index (χ0v) is 15.6. The lowest BCUT2D eigenvalue weighted by atomic mass is 10.1. The van der Waals surface area contributed by atoms with Crippen LogP contribution in [-0.2, 0) is 4.74 Å². The number of benzene rings is 1. The van der Waals surface area contributed by atoms with Gasteiger partial charge in [-0.1, -0.05) is 0 Å². The summed E-state index contributed by atoms with van der Waals surface area (Å²) in [5, 5.41) is 0. The number of aryl methyl sites for hydroxylation is 1. The minimum absolute atomic E-state index is 0.0110.